The third kappa shape index (κ3) is 3.64. The predicted octanol–water partition coefficient (Wildman–Crippen LogP) is 2.57. The lowest BCUT2D eigenvalue weighted by molar-refractivity contribution is 0.567. The molecule has 2 N–H and O–H groups in total. The number of thiophene rings is 2. The average molecular weight is 316 g/mol. The summed E-state index contributed by atoms with van der Waals surface area (Å²) in [5.74, 6) is 0. The van der Waals surface area contributed by atoms with Gasteiger partial charge in [-0.05, 0) is 42.4 Å². The predicted molar refractivity (Wildman–Crippen MR) is 80.1 cm³/mol. The van der Waals surface area contributed by atoms with Gasteiger partial charge in [-0.25, -0.2) is 13.1 Å². The monoisotopic (exact) mass is 316 g/mol. The van der Waals surface area contributed by atoms with E-state index in [2.05, 4.69) is 10.0 Å². The first-order chi connectivity index (χ1) is 9.03. The molecule has 2 rings (SSSR count). The molecule has 2 aromatic heterocycles. The summed E-state index contributed by atoms with van der Waals surface area (Å²) in [4.78, 5) is 1.34. The van der Waals surface area contributed by atoms with Crippen LogP contribution in [0.4, 0.5) is 0 Å². The van der Waals surface area contributed by atoms with E-state index < -0.39 is 10.0 Å². The Hall–Kier alpha value is -0.730. The van der Waals surface area contributed by atoms with Crippen LogP contribution in [0.3, 0.4) is 0 Å². The largest absolute Gasteiger partial charge is 0.315 e. The van der Waals surface area contributed by atoms with E-state index >= 15 is 0 Å². The number of hydrogen-bond acceptors (Lipinski definition) is 5. The van der Waals surface area contributed by atoms with Gasteiger partial charge in [-0.1, -0.05) is 0 Å². The van der Waals surface area contributed by atoms with Gasteiger partial charge in [0.1, 0.15) is 0 Å². The molecule has 1 atom stereocenters. The second-order valence-corrected chi connectivity index (χ2v) is 7.67. The molecular formula is C12H16N2O2S3. The fourth-order valence-electron chi connectivity index (χ4n) is 1.66. The summed E-state index contributed by atoms with van der Waals surface area (Å²) in [5, 5.41) is 8.58. The second kappa shape index (κ2) is 6.15. The average Bonchev–Trinajstić information content (AvgIpc) is 2.99. The highest BCUT2D eigenvalue weighted by atomic mass is 32.2. The molecule has 1 unspecified atom stereocenters. The molecule has 19 heavy (non-hydrogen) atoms. The summed E-state index contributed by atoms with van der Waals surface area (Å²) >= 11 is 3.01. The van der Waals surface area contributed by atoms with Crippen LogP contribution in [-0.2, 0) is 16.6 Å². The molecule has 7 heteroatoms. The van der Waals surface area contributed by atoms with Crippen LogP contribution in [0, 0.1) is 0 Å². The van der Waals surface area contributed by atoms with Gasteiger partial charge in [0.2, 0.25) is 10.0 Å². The molecule has 0 radical (unpaired) electrons. The van der Waals surface area contributed by atoms with Gasteiger partial charge in [-0.3, -0.25) is 0 Å². The SMILES string of the molecule is CNCc1cc(S(=O)(=O)NC(C)c2ccsc2)cs1. The molecular weight excluding hydrogens is 300 g/mol. The fourth-order valence-corrected chi connectivity index (χ4v) is 4.93. The molecule has 2 heterocycles. The Kier molecular flexibility index (Phi) is 4.75. The molecule has 2 aromatic rings. The maximum Gasteiger partial charge on any atom is 0.241 e. The van der Waals surface area contributed by atoms with E-state index in [0.29, 0.717) is 11.4 Å². The minimum Gasteiger partial charge on any atom is -0.315 e. The van der Waals surface area contributed by atoms with Gasteiger partial charge >= 0.3 is 0 Å². The van der Waals surface area contributed by atoms with Crippen LogP contribution < -0.4 is 10.0 Å². The molecule has 0 fully saturated rings. The van der Waals surface area contributed by atoms with Crippen molar-refractivity contribution in [2.75, 3.05) is 7.05 Å². The van der Waals surface area contributed by atoms with Crippen LogP contribution in [0.5, 0.6) is 0 Å². The van der Waals surface area contributed by atoms with E-state index in [0.717, 1.165) is 10.4 Å². The van der Waals surface area contributed by atoms with E-state index in [1.165, 1.54) is 11.3 Å². The number of rotatable bonds is 6. The minimum atomic E-state index is -3.45. The van der Waals surface area contributed by atoms with Crippen LogP contribution in [0.25, 0.3) is 0 Å². The lowest BCUT2D eigenvalue weighted by Crippen LogP contribution is -2.26. The Labute approximate surface area is 121 Å². The van der Waals surface area contributed by atoms with Crippen LogP contribution in [0.1, 0.15) is 23.4 Å². The molecule has 0 saturated heterocycles. The zero-order chi connectivity index (χ0) is 13.9. The molecule has 0 bridgehead atoms. The number of nitrogens with one attached hydrogen (secondary N) is 2. The van der Waals surface area contributed by atoms with E-state index in [9.17, 15) is 8.42 Å². The van der Waals surface area contributed by atoms with Crippen LogP contribution in [-0.4, -0.2) is 15.5 Å². The summed E-state index contributed by atoms with van der Waals surface area (Å²) in [6, 6.07) is 3.42. The van der Waals surface area contributed by atoms with Crippen molar-refractivity contribution in [3.05, 3.63) is 38.7 Å². The first-order valence-electron chi connectivity index (χ1n) is 5.79. The summed E-state index contributed by atoms with van der Waals surface area (Å²) in [5.41, 5.74) is 0.985. The highest BCUT2D eigenvalue weighted by Gasteiger charge is 2.19. The first kappa shape index (κ1) is 14.7. The molecule has 4 nitrogen and oxygen atoms in total. The normalized spacial score (nSPS) is 13.6. The third-order valence-corrected chi connectivity index (χ3v) is 5.97. The van der Waals surface area contributed by atoms with Crippen molar-refractivity contribution >= 4 is 32.7 Å². The smallest absolute Gasteiger partial charge is 0.241 e. The van der Waals surface area contributed by atoms with Crippen LogP contribution in [0.15, 0.2) is 33.2 Å². The lowest BCUT2D eigenvalue weighted by atomic mass is 10.2. The van der Waals surface area contributed by atoms with Crippen molar-refractivity contribution in [3.63, 3.8) is 0 Å². The Balaban J connectivity index is 2.13. The zero-order valence-electron chi connectivity index (χ0n) is 10.7. The fraction of sp³-hybridized carbons (Fsp3) is 0.333. The van der Waals surface area contributed by atoms with E-state index in [4.69, 9.17) is 0 Å². The van der Waals surface area contributed by atoms with Crippen molar-refractivity contribution in [1.82, 2.24) is 10.0 Å². The van der Waals surface area contributed by atoms with Crippen molar-refractivity contribution in [2.24, 2.45) is 0 Å². The van der Waals surface area contributed by atoms with Crippen molar-refractivity contribution < 1.29 is 8.42 Å². The van der Waals surface area contributed by atoms with Crippen molar-refractivity contribution in [3.8, 4) is 0 Å². The molecule has 0 aromatic carbocycles. The van der Waals surface area contributed by atoms with Gasteiger partial charge in [0, 0.05) is 22.8 Å². The van der Waals surface area contributed by atoms with Gasteiger partial charge < -0.3 is 5.32 Å². The highest BCUT2D eigenvalue weighted by molar-refractivity contribution is 7.89. The lowest BCUT2D eigenvalue weighted by Gasteiger charge is -2.12. The van der Waals surface area contributed by atoms with Crippen LogP contribution >= 0.6 is 22.7 Å². The van der Waals surface area contributed by atoms with Crippen molar-refractivity contribution in [2.45, 2.75) is 24.4 Å². The van der Waals surface area contributed by atoms with Gasteiger partial charge in [-0.2, -0.15) is 11.3 Å². The zero-order valence-corrected chi connectivity index (χ0v) is 13.2. The summed E-state index contributed by atoms with van der Waals surface area (Å²) < 4.78 is 27.2. The van der Waals surface area contributed by atoms with Crippen molar-refractivity contribution in [1.29, 1.82) is 0 Å². The van der Waals surface area contributed by atoms with Gasteiger partial charge in [0.05, 0.1) is 4.90 Å². The van der Waals surface area contributed by atoms with Crippen LogP contribution in [0.2, 0.25) is 0 Å². The molecule has 104 valence electrons. The molecule has 0 aliphatic heterocycles. The Bertz CT molecular complexity index is 617. The summed E-state index contributed by atoms with van der Waals surface area (Å²) in [7, 11) is -1.61. The highest BCUT2D eigenvalue weighted by Crippen LogP contribution is 2.22. The maximum atomic E-state index is 12.2. The summed E-state index contributed by atoms with van der Waals surface area (Å²) in [6.07, 6.45) is 0. The van der Waals surface area contributed by atoms with E-state index in [1.54, 1.807) is 22.8 Å². The molecule has 0 aliphatic rings. The Morgan fingerprint density at radius 3 is 2.79 bits per heavy atom. The Morgan fingerprint density at radius 2 is 2.16 bits per heavy atom. The van der Waals surface area contributed by atoms with E-state index in [-0.39, 0.29) is 6.04 Å². The standard InChI is InChI=1S/C12H16N2O2S3/c1-9(10-3-4-17-7-10)14-19(15,16)12-5-11(6-13-2)18-8-12/h3-5,7-9,13-14H,6H2,1-2H3. The van der Waals surface area contributed by atoms with Gasteiger partial charge in [0.15, 0.2) is 0 Å². The minimum absolute atomic E-state index is 0.219. The second-order valence-electron chi connectivity index (χ2n) is 4.18. The molecule has 0 spiro atoms. The summed E-state index contributed by atoms with van der Waals surface area (Å²) in [6.45, 7) is 2.53. The molecule has 0 amide bonds. The van der Waals surface area contributed by atoms with E-state index in [1.807, 2.05) is 30.8 Å². The van der Waals surface area contributed by atoms with Gasteiger partial charge in [0.25, 0.3) is 0 Å². The third-order valence-electron chi connectivity index (χ3n) is 2.67. The Morgan fingerprint density at radius 1 is 1.37 bits per heavy atom. The quantitative estimate of drug-likeness (QED) is 0.861. The topological polar surface area (TPSA) is 58.2 Å². The first-order valence-corrected chi connectivity index (χ1v) is 9.10. The number of hydrogen-bond donors (Lipinski definition) is 2. The molecule has 0 aliphatic carbocycles. The molecule has 0 saturated carbocycles. The van der Waals surface area contributed by atoms with Gasteiger partial charge in [-0.15, -0.1) is 11.3 Å². The number of sulfonamides is 1. The maximum absolute atomic E-state index is 12.2.